The summed E-state index contributed by atoms with van der Waals surface area (Å²) in [7, 11) is 1.67. The summed E-state index contributed by atoms with van der Waals surface area (Å²) in [6.45, 7) is 7.91. The Morgan fingerprint density at radius 1 is 0.878 bits per heavy atom. The topological polar surface area (TPSA) is 54.8 Å². The van der Waals surface area contributed by atoms with Gasteiger partial charge in [0.2, 0.25) is 5.91 Å². The van der Waals surface area contributed by atoms with Gasteiger partial charge in [-0.05, 0) is 72.9 Å². The van der Waals surface area contributed by atoms with Gasteiger partial charge >= 0.3 is 0 Å². The van der Waals surface area contributed by atoms with E-state index in [1.807, 2.05) is 84.8 Å². The number of amides is 2. The predicted octanol–water partition coefficient (Wildman–Crippen LogP) is 6.89. The van der Waals surface area contributed by atoms with Gasteiger partial charge in [0.15, 0.2) is 0 Å². The molecule has 1 atom stereocenters. The van der Waals surface area contributed by atoms with Crippen LogP contribution in [-0.4, -0.2) is 52.4 Å². The molecule has 214 valence electrons. The van der Waals surface area contributed by atoms with E-state index in [9.17, 15) is 9.59 Å². The molecule has 3 aromatic carbocycles. The Morgan fingerprint density at radius 3 is 2.29 bits per heavy atom. The number of hydrogen-bond donors (Lipinski definition) is 0. The van der Waals surface area contributed by atoms with E-state index >= 15 is 0 Å². The molecule has 0 radical (unpaired) electrons. The van der Waals surface area contributed by atoms with Crippen LogP contribution in [0.3, 0.4) is 0 Å². The summed E-state index contributed by atoms with van der Waals surface area (Å²) < 4.78 is 7.55. The van der Waals surface area contributed by atoms with Crippen molar-refractivity contribution < 1.29 is 14.3 Å². The summed E-state index contributed by atoms with van der Waals surface area (Å²) in [5, 5.41) is 0. The Labute approximate surface area is 244 Å². The molecule has 6 nitrogen and oxygen atoms in total. The molecule has 2 amide bonds. The molecule has 0 spiro atoms. The zero-order valence-corrected chi connectivity index (χ0v) is 24.6. The average Bonchev–Trinajstić information content (AvgIpc) is 3.45. The van der Waals surface area contributed by atoms with Crippen molar-refractivity contribution in [2.45, 2.75) is 52.7 Å². The van der Waals surface area contributed by atoms with Crippen LogP contribution >= 0.6 is 0 Å². The lowest BCUT2D eigenvalue weighted by atomic mass is 10.0. The first-order valence-corrected chi connectivity index (χ1v) is 14.4. The second kappa shape index (κ2) is 14.4. The Hall–Kier alpha value is -4.32. The van der Waals surface area contributed by atoms with Gasteiger partial charge in [-0.2, -0.15) is 0 Å². The van der Waals surface area contributed by atoms with Gasteiger partial charge in [-0.3, -0.25) is 9.59 Å². The fourth-order valence-corrected chi connectivity index (χ4v) is 4.99. The third kappa shape index (κ3) is 7.66. The Kier molecular flexibility index (Phi) is 10.4. The number of hydrogen-bond acceptors (Lipinski definition) is 3. The molecular formula is C35H41N3O3. The smallest absolute Gasteiger partial charge is 0.254 e. The van der Waals surface area contributed by atoms with E-state index < -0.39 is 0 Å². The summed E-state index contributed by atoms with van der Waals surface area (Å²) in [6.07, 6.45) is 3.64. The second-order valence-electron chi connectivity index (χ2n) is 10.4. The number of aromatic nitrogens is 1. The number of ether oxygens (including phenoxy) is 1. The number of nitrogens with zero attached hydrogens (tertiary/aromatic N) is 3. The zero-order valence-electron chi connectivity index (χ0n) is 24.6. The molecule has 0 aliphatic heterocycles. The van der Waals surface area contributed by atoms with Crippen LogP contribution in [-0.2, 0) is 17.9 Å². The van der Waals surface area contributed by atoms with Crippen molar-refractivity contribution in [3.63, 3.8) is 0 Å². The van der Waals surface area contributed by atoms with Crippen molar-refractivity contribution >= 4 is 11.8 Å². The van der Waals surface area contributed by atoms with Crippen LogP contribution in [0.1, 0.15) is 55.2 Å². The molecule has 0 fully saturated rings. The molecule has 0 aliphatic rings. The third-order valence-corrected chi connectivity index (χ3v) is 7.53. The highest BCUT2D eigenvalue weighted by molar-refractivity contribution is 5.97. The van der Waals surface area contributed by atoms with Gasteiger partial charge in [0, 0.05) is 36.6 Å². The lowest BCUT2D eigenvalue weighted by molar-refractivity contribution is -0.134. The maximum absolute atomic E-state index is 13.8. The molecule has 4 rings (SSSR count). The highest BCUT2D eigenvalue weighted by Crippen LogP contribution is 2.21. The predicted molar refractivity (Wildman–Crippen MR) is 165 cm³/mol. The number of benzene rings is 3. The molecule has 6 heteroatoms. The summed E-state index contributed by atoms with van der Waals surface area (Å²) in [5.41, 5.74) is 4.92. The zero-order chi connectivity index (χ0) is 29.2. The van der Waals surface area contributed by atoms with Crippen LogP contribution in [0, 0.1) is 0 Å². The van der Waals surface area contributed by atoms with E-state index in [1.54, 1.807) is 12.0 Å². The summed E-state index contributed by atoms with van der Waals surface area (Å²) >= 11 is 0. The monoisotopic (exact) mass is 551 g/mol. The van der Waals surface area contributed by atoms with Gasteiger partial charge in [-0.1, -0.05) is 68.4 Å². The summed E-state index contributed by atoms with van der Waals surface area (Å²) in [6, 6.07) is 29.9. The van der Waals surface area contributed by atoms with Gasteiger partial charge in [0.05, 0.1) is 13.7 Å². The first-order valence-electron chi connectivity index (χ1n) is 14.4. The van der Waals surface area contributed by atoms with Gasteiger partial charge in [-0.15, -0.1) is 0 Å². The van der Waals surface area contributed by atoms with E-state index in [0.717, 1.165) is 41.0 Å². The Bertz CT molecular complexity index is 1410. The number of methoxy groups -OCH3 is 1. The van der Waals surface area contributed by atoms with Crippen molar-refractivity contribution in [1.29, 1.82) is 0 Å². The molecule has 41 heavy (non-hydrogen) atoms. The Balaban J connectivity index is 1.49. The SMILES string of the molecule is CCCN(CC(=O)N(Cc1cccn1Cc1cccc(OC)c1)C(C)CC)C(=O)c1ccc(-c2ccccc2)cc1. The molecular weight excluding hydrogens is 510 g/mol. The molecule has 1 unspecified atom stereocenters. The normalized spacial score (nSPS) is 11.6. The lowest BCUT2D eigenvalue weighted by Gasteiger charge is -2.32. The maximum atomic E-state index is 13.8. The lowest BCUT2D eigenvalue weighted by Crippen LogP contribution is -2.46. The van der Waals surface area contributed by atoms with Gasteiger partial charge < -0.3 is 19.1 Å². The van der Waals surface area contributed by atoms with Crippen LogP contribution in [0.5, 0.6) is 5.75 Å². The van der Waals surface area contributed by atoms with Crippen molar-refractivity contribution in [2.24, 2.45) is 0 Å². The molecule has 0 saturated heterocycles. The number of rotatable bonds is 13. The largest absolute Gasteiger partial charge is 0.497 e. The third-order valence-electron chi connectivity index (χ3n) is 7.53. The molecule has 0 saturated carbocycles. The van der Waals surface area contributed by atoms with Gasteiger partial charge in [0.25, 0.3) is 5.91 Å². The van der Waals surface area contributed by atoms with Crippen LogP contribution in [0.25, 0.3) is 11.1 Å². The van der Waals surface area contributed by atoms with Crippen molar-refractivity contribution in [2.75, 3.05) is 20.2 Å². The minimum absolute atomic E-state index is 0.0337. The molecule has 1 heterocycles. The van der Waals surface area contributed by atoms with Gasteiger partial charge in [-0.25, -0.2) is 0 Å². The highest BCUT2D eigenvalue weighted by atomic mass is 16.5. The van der Waals surface area contributed by atoms with E-state index in [0.29, 0.717) is 25.2 Å². The summed E-state index contributed by atoms with van der Waals surface area (Å²) in [4.78, 5) is 30.9. The number of carbonyl (C=O) groups excluding carboxylic acids is 2. The molecule has 0 bridgehead atoms. The maximum Gasteiger partial charge on any atom is 0.254 e. The van der Waals surface area contributed by atoms with E-state index in [2.05, 4.69) is 42.7 Å². The van der Waals surface area contributed by atoms with Crippen LogP contribution < -0.4 is 4.74 Å². The van der Waals surface area contributed by atoms with E-state index in [1.165, 1.54) is 0 Å². The van der Waals surface area contributed by atoms with Crippen LogP contribution in [0.2, 0.25) is 0 Å². The first-order chi connectivity index (χ1) is 19.9. The fourth-order valence-electron chi connectivity index (χ4n) is 4.99. The van der Waals surface area contributed by atoms with Crippen molar-refractivity contribution in [3.8, 4) is 16.9 Å². The van der Waals surface area contributed by atoms with E-state index in [-0.39, 0.29) is 24.4 Å². The van der Waals surface area contributed by atoms with Crippen LogP contribution in [0.4, 0.5) is 0 Å². The average molecular weight is 552 g/mol. The van der Waals surface area contributed by atoms with Crippen LogP contribution in [0.15, 0.2) is 97.2 Å². The molecule has 1 aromatic heterocycles. The molecule has 0 N–H and O–H groups in total. The van der Waals surface area contributed by atoms with E-state index in [4.69, 9.17) is 4.74 Å². The quantitative estimate of drug-likeness (QED) is 0.182. The number of carbonyl (C=O) groups is 2. The summed E-state index contributed by atoms with van der Waals surface area (Å²) in [5.74, 6) is 0.657. The Morgan fingerprint density at radius 2 is 1.61 bits per heavy atom. The van der Waals surface area contributed by atoms with Crippen molar-refractivity contribution in [3.05, 3.63) is 114 Å². The second-order valence-corrected chi connectivity index (χ2v) is 10.4. The minimum atomic E-state index is -0.120. The fraction of sp³-hybridized carbons (Fsp3) is 0.314. The highest BCUT2D eigenvalue weighted by Gasteiger charge is 2.25. The first kappa shape index (κ1) is 29.7. The molecule has 4 aromatic rings. The van der Waals surface area contributed by atoms with Crippen molar-refractivity contribution in [1.82, 2.24) is 14.4 Å². The minimum Gasteiger partial charge on any atom is -0.497 e. The standard InChI is InChI=1S/C35H41N3O3/c1-5-21-37(35(40)31-19-17-30(18-20-31)29-13-8-7-9-14-29)26-34(39)38(27(3)6-2)25-32-15-11-22-36(32)24-28-12-10-16-33(23-28)41-4/h7-20,22-23,27H,5-6,21,24-26H2,1-4H3. The molecule has 0 aliphatic carbocycles. The van der Waals surface area contributed by atoms with Gasteiger partial charge in [0.1, 0.15) is 12.3 Å².